The normalized spacial score (nSPS) is 12.4. The van der Waals surface area contributed by atoms with E-state index in [9.17, 15) is 4.39 Å². The van der Waals surface area contributed by atoms with Crippen molar-refractivity contribution in [2.24, 2.45) is 0 Å². The average Bonchev–Trinajstić information content (AvgIpc) is 2.46. The van der Waals surface area contributed by atoms with Crippen LogP contribution in [0.4, 0.5) is 4.39 Å². The van der Waals surface area contributed by atoms with Crippen LogP contribution >= 0.6 is 31.9 Å². The van der Waals surface area contributed by atoms with Crippen molar-refractivity contribution in [2.45, 2.75) is 25.8 Å². The third-order valence-corrected chi connectivity index (χ3v) is 4.52. The molecule has 0 aromatic heterocycles. The lowest BCUT2D eigenvalue weighted by Crippen LogP contribution is -2.24. The second-order valence-corrected chi connectivity index (χ2v) is 6.78. The molecule has 1 unspecified atom stereocenters. The zero-order chi connectivity index (χ0) is 15.2. The summed E-state index contributed by atoms with van der Waals surface area (Å²) in [5, 5.41) is 3.51. The van der Waals surface area contributed by atoms with Gasteiger partial charge < -0.3 is 5.32 Å². The van der Waals surface area contributed by atoms with Gasteiger partial charge in [-0.1, -0.05) is 50.9 Å². The van der Waals surface area contributed by atoms with E-state index in [4.69, 9.17) is 0 Å². The molecule has 1 nitrogen and oxygen atoms in total. The Kier molecular flexibility index (Phi) is 6.40. The SMILES string of the molecule is CCCNC(Cc1cccc(Br)c1)c1cc(F)ccc1Br. The zero-order valence-electron chi connectivity index (χ0n) is 11.9. The molecular formula is C17H18Br2FN. The molecular weight excluding hydrogens is 397 g/mol. The smallest absolute Gasteiger partial charge is 0.123 e. The third kappa shape index (κ3) is 4.90. The van der Waals surface area contributed by atoms with E-state index >= 15 is 0 Å². The predicted octanol–water partition coefficient (Wildman–Crippen LogP) is 5.63. The summed E-state index contributed by atoms with van der Waals surface area (Å²) < 4.78 is 15.6. The minimum absolute atomic E-state index is 0.0873. The molecule has 1 N–H and O–H groups in total. The molecule has 0 saturated carbocycles. The van der Waals surface area contributed by atoms with Crippen LogP contribution in [0.25, 0.3) is 0 Å². The zero-order valence-corrected chi connectivity index (χ0v) is 15.0. The molecule has 0 spiro atoms. The van der Waals surface area contributed by atoms with Crippen LogP contribution in [0.15, 0.2) is 51.4 Å². The lowest BCUT2D eigenvalue weighted by Gasteiger charge is -2.21. The van der Waals surface area contributed by atoms with E-state index in [1.165, 1.54) is 11.6 Å². The van der Waals surface area contributed by atoms with Crippen LogP contribution in [0.1, 0.15) is 30.5 Å². The molecule has 2 rings (SSSR count). The second kappa shape index (κ2) is 8.06. The van der Waals surface area contributed by atoms with Gasteiger partial charge in [-0.25, -0.2) is 4.39 Å². The van der Waals surface area contributed by atoms with Crippen molar-refractivity contribution in [3.8, 4) is 0 Å². The van der Waals surface area contributed by atoms with Gasteiger partial charge in [-0.15, -0.1) is 0 Å². The lowest BCUT2D eigenvalue weighted by atomic mass is 9.98. The fraction of sp³-hybridized carbons (Fsp3) is 0.294. The molecule has 0 heterocycles. The Morgan fingerprint density at radius 3 is 2.67 bits per heavy atom. The Labute approximate surface area is 142 Å². The molecule has 21 heavy (non-hydrogen) atoms. The van der Waals surface area contributed by atoms with Crippen LogP contribution in [0.5, 0.6) is 0 Å². The number of hydrogen-bond acceptors (Lipinski definition) is 1. The van der Waals surface area contributed by atoms with E-state index < -0.39 is 0 Å². The summed E-state index contributed by atoms with van der Waals surface area (Å²) in [7, 11) is 0. The maximum Gasteiger partial charge on any atom is 0.123 e. The highest BCUT2D eigenvalue weighted by Gasteiger charge is 2.15. The summed E-state index contributed by atoms with van der Waals surface area (Å²) in [5.41, 5.74) is 2.18. The molecule has 112 valence electrons. The number of hydrogen-bond donors (Lipinski definition) is 1. The third-order valence-electron chi connectivity index (χ3n) is 3.30. The Hall–Kier alpha value is -0.710. The van der Waals surface area contributed by atoms with Crippen LogP contribution in [-0.2, 0) is 6.42 Å². The number of benzene rings is 2. The molecule has 4 heteroatoms. The fourth-order valence-corrected chi connectivity index (χ4v) is 3.26. The van der Waals surface area contributed by atoms with Gasteiger partial charge >= 0.3 is 0 Å². The first-order chi connectivity index (χ1) is 10.1. The largest absolute Gasteiger partial charge is 0.310 e. The highest BCUT2D eigenvalue weighted by molar-refractivity contribution is 9.10. The predicted molar refractivity (Wildman–Crippen MR) is 93.0 cm³/mol. The van der Waals surface area contributed by atoms with Crippen molar-refractivity contribution < 1.29 is 4.39 Å². The maximum atomic E-state index is 13.6. The van der Waals surface area contributed by atoms with E-state index in [-0.39, 0.29) is 11.9 Å². The number of nitrogens with one attached hydrogen (secondary N) is 1. The van der Waals surface area contributed by atoms with Gasteiger partial charge in [-0.3, -0.25) is 0 Å². The topological polar surface area (TPSA) is 12.0 Å². The quantitative estimate of drug-likeness (QED) is 0.645. The van der Waals surface area contributed by atoms with Crippen molar-refractivity contribution >= 4 is 31.9 Å². The molecule has 0 bridgehead atoms. The van der Waals surface area contributed by atoms with Crippen LogP contribution in [0, 0.1) is 5.82 Å². The summed E-state index contributed by atoms with van der Waals surface area (Å²) in [6.07, 6.45) is 1.86. The number of rotatable bonds is 6. The van der Waals surface area contributed by atoms with Crippen LogP contribution in [0.3, 0.4) is 0 Å². The minimum Gasteiger partial charge on any atom is -0.310 e. The molecule has 0 aliphatic heterocycles. The first-order valence-electron chi connectivity index (χ1n) is 7.03. The van der Waals surface area contributed by atoms with Crippen molar-refractivity contribution in [3.63, 3.8) is 0 Å². The van der Waals surface area contributed by atoms with Gasteiger partial charge in [0, 0.05) is 15.0 Å². The Balaban J connectivity index is 2.27. The van der Waals surface area contributed by atoms with Crippen molar-refractivity contribution in [1.29, 1.82) is 0 Å². The summed E-state index contributed by atoms with van der Waals surface area (Å²) >= 11 is 7.03. The lowest BCUT2D eigenvalue weighted by molar-refractivity contribution is 0.522. The van der Waals surface area contributed by atoms with Gasteiger partial charge in [0.1, 0.15) is 5.82 Å². The molecule has 0 fully saturated rings. The molecule has 0 aliphatic rings. The van der Waals surface area contributed by atoms with Crippen molar-refractivity contribution in [1.82, 2.24) is 5.32 Å². The Morgan fingerprint density at radius 1 is 1.14 bits per heavy atom. The molecule has 0 radical (unpaired) electrons. The molecule has 2 aromatic carbocycles. The van der Waals surface area contributed by atoms with Gasteiger partial charge in [0.25, 0.3) is 0 Å². The first-order valence-corrected chi connectivity index (χ1v) is 8.61. The fourth-order valence-electron chi connectivity index (χ4n) is 2.29. The highest BCUT2D eigenvalue weighted by atomic mass is 79.9. The second-order valence-electron chi connectivity index (χ2n) is 5.01. The van der Waals surface area contributed by atoms with E-state index in [0.717, 1.165) is 33.9 Å². The summed E-state index contributed by atoms with van der Waals surface area (Å²) in [6, 6.07) is 13.2. The van der Waals surface area contributed by atoms with Gasteiger partial charge in [-0.2, -0.15) is 0 Å². The van der Waals surface area contributed by atoms with Crippen LogP contribution in [0.2, 0.25) is 0 Å². The molecule has 1 atom stereocenters. The van der Waals surface area contributed by atoms with E-state index in [1.54, 1.807) is 12.1 Å². The average molecular weight is 415 g/mol. The van der Waals surface area contributed by atoms with Crippen molar-refractivity contribution in [3.05, 3.63) is 68.4 Å². The molecule has 0 amide bonds. The summed E-state index contributed by atoms with van der Waals surface area (Å²) in [6.45, 7) is 3.03. The first kappa shape index (κ1) is 16.7. The Morgan fingerprint density at radius 2 is 1.95 bits per heavy atom. The minimum atomic E-state index is -0.203. The highest BCUT2D eigenvalue weighted by Crippen LogP contribution is 2.27. The van der Waals surface area contributed by atoms with Gasteiger partial charge in [0.2, 0.25) is 0 Å². The summed E-state index contributed by atoms with van der Waals surface area (Å²) in [5.74, 6) is -0.203. The van der Waals surface area contributed by atoms with Crippen molar-refractivity contribution in [2.75, 3.05) is 6.54 Å². The molecule has 2 aromatic rings. The Bertz CT molecular complexity index is 601. The maximum absolute atomic E-state index is 13.6. The van der Waals surface area contributed by atoms with E-state index in [1.807, 2.05) is 12.1 Å². The van der Waals surface area contributed by atoms with Gasteiger partial charge in [-0.05, 0) is 60.8 Å². The van der Waals surface area contributed by atoms with Gasteiger partial charge in [0.05, 0.1) is 0 Å². The van der Waals surface area contributed by atoms with Crippen LogP contribution < -0.4 is 5.32 Å². The van der Waals surface area contributed by atoms with E-state index in [2.05, 4.69) is 56.2 Å². The monoisotopic (exact) mass is 413 g/mol. The van der Waals surface area contributed by atoms with Crippen LogP contribution in [-0.4, -0.2) is 6.54 Å². The number of halogens is 3. The van der Waals surface area contributed by atoms with Gasteiger partial charge in [0.15, 0.2) is 0 Å². The summed E-state index contributed by atoms with van der Waals surface area (Å²) in [4.78, 5) is 0. The standard InChI is InChI=1S/C17H18Br2FN/c1-2-8-21-17(10-12-4-3-5-13(18)9-12)15-11-14(20)6-7-16(15)19/h3-7,9,11,17,21H,2,8,10H2,1H3. The molecule has 0 aliphatic carbocycles. The van der Waals surface area contributed by atoms with E-state index in [0.29, 0.717) is 0 Å². The molecule has 0 saturated heterocycles.